The first-order valence-corrected chi connectivity index (χ1v) is 13.0. The molecule has 1 fully saturated rings. The van der Waals surface area contributed by atoms with Crippen LogP contribution in [0.15, 0.2) is 79.0 Å². The van der Waals surface area contributed by atoms with Gasteiger partial charge in [-0.25, -0.2) is 14.4 Å². The number of rotatable bonds is 9. The summed E-state index contributed by atoms with van der Waals surface area (Å²) in [6, 6.07) is 23.3. The third-order valence-corrected chi connectivity index (χ3v) is 6.97. The number of halogens is 1. The van der Waals surface area contributed by atoms with Crippen molar-refractivity contribution in [2.45, 2.75) is 25.2 Å². The molecule has 3 heterocycles. The average molecular weight is 521 g/mol. The highest BCUT2D eigenvalue weighted by molar-refractivity contribution is 5.87. The van der Waals surface area contributed by atoms with Crippen LogP contribution in [-0.2, 0) is 11.2 Å². The fourth-order valence-corrected chi connectivity index (χ4v) is 5.01. The number of nitrogens with two attached hydrogens (primary N) is 1. The summed E-state index contributed by atoms with van der Waals surface area (Å²) in [7, 11) is 0. The number of carbonyl (C=O) groups excluding carboxylic acids is 1. The topological polar surface area (TPSA) is 108 Å². The number of hydrogen-bond donors (Lipinski definition) is 2. The molecular weight excluding hydrogens is 491 g/mol. The summed E-state index contributed by atoms with van der Waals surface area (Å²) in [4.78, 5) is 24.5. The van der Waals surface area contributed by atoms with Gasteiger partial charge in [0, 0.05) is 37.0 Å². The van der Waals surface area contributed by atoms with E-state index in [-0.39, 0.29) is 5.82 Å². The standard InChI is InChI=1S/C31H29FN6O/c32-24-8-5-6-21(18-24)14-15-35-31-26(11-12-27(37-31)25-9-2-1-7-22(25)19-33)29(30(34)39)23-10-13-28(36-20-23)38-16-3-4-17-38/h1-2,5-13,18,20,29H,3-4,14-17H2,(H2,34,39)(H,35,37). The van der Waals surface area contributed by atoms with Crippen molar-refractivity contribution in [1.82, 2.24) is 9.97 Å². The molecule has 4 aromatic rings. The quantitative estimate of drug-likeness (QED) is 0.321. The van der Waals surface area contributed by atoms with Gasteiger partial charge in [0.05, 0.1) is 23.2 Å². The van der Waals surface area contributed by atoms with Crippen LogP contribution in [0.5, 0.6) is 0 Å². The minimum atomic E-state index is -0.783. The van der Waals surface area contributed by atoms with Gasteiger partial charge in [0.2, 0.25) is 5.91 Å². The molecule has 1 aliphatic heterocycles. The van der Waals surface area contributed by atoms with Crippen molar-refractivity contribution in [3.63, 3.8) is 0 Å². The predicted octanol–water partition coefficient (Wildman–Crippen LogP) is 5.03. The molecule has 1 amide bonds. The van der Waals surface area contributed by atoms with E-state index in [1.54, 1.807) is 30.5 Å². The summed E-state index contributed by atoms with van der Waals surface area (Å²) in [5, 5.41) is 12.9. The molecular formula is C31H29FN6O. The molecule has 0 bridgehead atoms. The van der Waals surface area contributed by atoms with Crippen LogP contribution in [0.1, 0.15) is 41.0 Å². The number of aromatic nitrogens is 2. The maximum Gasteiger partial charge on any atom is 0.229 e. The SMILES string of the molecule is N#Cc1ccccc1-c1ccc(C(C(N)=O)c2ccc(N3CCCC3)nc2)c(NCCc2cccc(F)c2)n1. The molecule has 7 nitrogen and oxygen atoms in total. The van der Waals surface area contributed by atoms with Crippen LogP contribution >= 0.6 is 0 Å². The molecule has 2 aromatic heterocycles. The van der Waals surface area contributed by atoms with Crippen molar-refractivity contribution in [3.8, 4) is 17.3 Å². The van der Waals surface area contributed by atoms with Crippen LogP contribution in [0.4, 0.5) is 16.0 Å². The molecule has 1 aliphatic rings. The van der Waals surface area contributed by atoms with Crippen LogP contribution in [0.3, 0.4) is 0 Å². The second kappa shape index (κ2) is 11.7. The molecule has 0 aliphatic carbocycles. The van der Waals surface area contributed by atoms with E-state index >= 15 is 0 Å². The van der Waals surface area contributed by atoms with Crippen LogP contribution in [-0.4, -0.2) is 35.5 Å². The molecule has 0 saturated carbocycles. The lowest BCUT2D eigenvalue weighted by Gasteiger charge is -2.21. The number of primary amides is 1. The Balaban J connectivity index is 1.50. The number of carbonyl (C=O) groups is 1. The smallest absolute Gasteiger partial charge is 0.229 e. The normalized spacial score (nSPS) is 13.6. The minimum Gasteiger partial charge on any atom is -0.369 e. The Hall–Kier alpha value is -4.77. The van der Waals surface area contributed by atoms with E-state index in [1.807, 2.05) is 36.4 Å². The number of amides is 1. The van der Waals surface area contributed by atoms with Crippen molar-refractivity contribution in [1.29, 1.82) is 5.26 Å². The molecule has 2 aromatic carbocycles. The van der Waals surface area contributed by atoms with Crippen LogP contribution in [0.25, 0.3) is 11.3 Å². The van der Waals surface area contributed by atoms with E-state index in [0.717, 1.165) is 37.3 Å². The lowest BCUT2D eigenvalue weighted by molar-refractivity contribution is -0.118. The Bertz CT molecular complexity index is 1510. The Morgan fingerprint density at radius 1 is 1.08 bits per heavy atom. The van der Waals surface area contributed by atoms with Crippen molar-refractivity contribution in [2.75, 3.05) is 29.9 Å². The van der Waals surface area contributed by atoms with Gasteiger partial charge in [-0.3, -0.25) is 4.79 Å². The zero-order chi connectivity index (χ0) is 27.2. The van der Waals surface area contributed by atoms with Crippen LogP contribution in [0, 0.1) is 17.1 Å². The maximum atomic E-state index is 13.7. The van der Waals surface area contributed by atoms with Gasteiger partial charge in [0.1, 0.15) is 17.5 Å². The molecule has 3 N–H and O–H groups in total. The monoisotopic (exact) mass is 520 g/mol. The molecule has 1 atom stereocenters. The summed E-state index contributed by atoms with van der Waals surface area (Å²) < 4.78 is 13.7. The van der Waals surface area contributed by atoms with E-state index < -0.39 is 11.8 Å². The van der Waals surface area contributed by atoms with Crippen LogP contribution in [0.2, 0.25) is 0 Å². The lowest BCUT2D eigenvalue weighted by atomic mass is 9.91. The number of nitrogens with one attached hydrogen (secondary N) is 1. The third-order valence-electron chi connectivity index (χ3n) is 6.97. The fraction of sp³-hybridized carbons (Fsp3) is 0.226. The van der Waals surface area contributed by atoms with Gasteiger partial charge in [0.15, 0.2) is 0 Å². The summed E-state index contributed by atoms with van der Waals surface area (Å²) in [5.41, 5.74) is 9.84. The number of nitriles is 1. The van der Waals surface area contributed by atoms with Crippen molar-refractivity contribution in [3.05, 3.63) is 107 Å². The first kappa shape index (κ1) is 25.9. The first-order chi connectivity index (χ1) is 19.0. The van der Waals surface area contributed by atoms with Gasteiger partial charge >= 0.3 is 0 Å². The lowest BCUT2D eigenvalue weighted by Crippen LogP contribution is -2.25. The number of hydrogen-bond acceptors (Lipinski definition) is 6. The van der Waals surface area contributed by atoms with Gasteiger partial charge in [-0.15, -0.1) is 0 Å². The Labute approximate surface area is 227 Å². The second-order valence-corrected chi connectivity index (χ2v) is 9.58. The molecule has 8 heteroatoms. The van der Waals surface area contributed by atoms with Gasteiger partial charge in [-0.2, -0.15) is 5.26 Å². The fourth-order valence-electron chi connectivity index (χ4n) is 5.01. The Kier molecular flexibility index (Phi) is 7.78. The summed E-state index contributed by atoms with van der Waals surface area (Å²) >= 11 is 0. The van der Waals surface area contributed by atoms with Crippen molar-refractivity contribution < 1.29 is 9.18 Å². The van der Waals surface area contributed by atoms with Gasteiger partial charge in [-0.05, 0) is 60.7 Å². The van der Waals surface area contributed by atoms with E-state index in [1.165, 1.54) is 12.1 Å². The van der Waals surface area contributed by atoms with E-state index in [4.69, 9.17) is 10.7 Å². The van der Waals surface area contributed by atoms with E-state index in [0.29, 0.717) is 46.7 Å². The van der Waals surface area contributed by atoms with E-state index in [2.05, 4.69) is 21.3 Å². The van der Waals surface area contributed by atoms with Gasteiger partial charge in [-0.1, -0.05) is 42.5 Å². The molecule has 5 rings (SSSR count). The zero-order valence-corrected chi connectivity index (χ0v) is 21.5. The predicted molar refractivity (Wildman–Crippen MR) is 150 cm³/mol. The minimum absolute atomic E-state index is 0.292. The molecule has 0 radical (unpaired) electrons. The van der Waals surface area contributed by atoms with Gasteiger partial charge < -0.3 is 16.0 Å². The largest absolute Gasteiger partial charge is 0.369 e. The molecule has 39 heavy (non-hydrogen) atoms. The highest BCUT2D eigenvalue weighted by Crippen LogP contribution is 2.33. The maximum absolute atomic E-state index is 13.7. The molecule has 196 valence electrons. The Morgan fingerprint density at radius 2 is 1.90 bits per heavy atom. The average Bonchev–Trinajstić information content (AvgIpc) is 3.49. The number of benzene rings is 2. The third kappa shape index (κ3) is 5.88. The molecule has 0 spiro atoms. The summed E-state index contributed by atoms with van der Waals surface area (Å²) in [6.07, 6.45) is 4.54. The van der Waals surface area contributed by atoms with Gasteiger partial charge in [0.25, 0.3) is 0 Å². The summed E-state index contributed by atoms with van der Waals surface area (Å²) in [6.45, 7) is 2.39. The highest BCUT2D eigenvalue weighted by Gasteiger charge is 2.26. The highest BCUT2D eigenvalue weighted by atomic mass is 19.1. The summed E-state index contributed by atoms with van der Waals surface area (Å²) in [5.74, 6) is -0.237. The van der Waals surface area contributed by atoms with E-state index in [9.17, 15) is 14.4 Å². The molecule has 1 unspecified atom stereocenters. The van der Waals surface area contributed by atoms with Crippen molar-refractivity contribution in [2.24, 2.45) is 5.73 Å². The zero-order valence-electron chi connectivity index (χ0n) is 21.5. The number of nitrogens with zero attached hydrogens (tertiary/aromatic N) is 4. The first-order valence-electron chi connectivity index (χ1n) is 13.0. The molecule has 1 saturated heterocycles. The number of anilines is 2. The van der Waals surface area contributed by atoms with Crippen LogP contribution < -0.4 is 16.0 Å². The Morgan fingerprint density at radius 3 is 2.62 bits per heavy atom. The second-order valence-electron chi connectivity index (χ2n) is 9.58. The van der Waals surface area contributed by atoms with Crippen molar-refractivity contribution >= 4 is 17.5 Å². The number of pyridine rings is 2.